The maximum absolute atomic E-state index is 5.89. The summed E-state index contributed by atoms with van der Waals surface area (Å²) in [5, 5.41) is 3.71. The molecule has 1 aliphatic carbocycles. The van der Waals surface area contributed by atoms with E-state index < -0.39 is 0 Å². The van der Waals surface area contributed by atoms with Gasteiger partial charge in [0.15, 0.2) is 0 Å². The topological polar surface area (TPSA) is 63.8 Å². The molecule has 5 heteroatoms. The minimum Gasteiger partial charge on any atom is -0.397 e. The van der Waals surface area contributed by atoms with Gasteiger partial charge in [-0.05, 0) is 49.4 Å². The van der Waals surface area contributed by atoms with Gasteiger partial charge in [-0.2, -0.15) is 0 Å². The summed E-state index contributed by atoms with van der Waals surface area (Å²) < 4.78 is 0. The number of benzene rings is 1. The summed E-state index contributed by atoms with van der Waals surface area (Å²) in [4.78, 5) is 8.91. The third-order valence-electron chi connectivity index (χ3n) is 3.32. The number of hydrogen-bond acceptors (Lipinski definition) is 4. The molecule has 1 aromatic carbocycles. The number of aryl methyl sites for hydroxylation is 2. The number of rotatable bonds is 2. The Bertz CT molecular complexity index is 612. The van der Waals surface area contributed by atoms with Gasteiger partial charge in [0.1, 0.15) is 0 Å². The summed E-state index contributed by atoms with van der Waals surface area (Å²) >= 11 is 5.89. The summed E-state index contributed by atoms with van der Waals surface area (Å²) in [5.74, 6) is 0.613. The maximum atomic E-state index is 5.89. The molecule has 0 radical (unpaired) electrons. The van der Waals surface area contributed by atoms with Crippen molar-refractivity contribution in [2.75, 3.05) is 11.1 Å². The molecule has 98 valence electrons. The van der Waals surface area contributed by atoms with Gasteiger partial charge in [0, 0.05) is 17.6 Å². The predicted octanol–water partition coefficient (Wildman–Crippen LogP) is 3.33. The highest BCUT2D eigenvalue weighted by molar-refractivity contribution is 6.33. The first-order chi connectivity index (χ1) is 9.22. The Morgan fingerprint density at radius 2 is 2.05 bits per heavy atom. The van der Waals surface area contributed by atoms with Crippen LogP contribution in [0.15, 0.2) is 24.4 Å². The molecule has 0 unspecified atom stereocenters. The molecule has 19 heavy (non-hydrogen) atoms. The van der Waals surface area contributed by atoms with E-state index in [-0.39, 0.29) is 0 Å². The van der Waals surface area contributed by atoms with E-state index in [1.165, 1.54) is 18.4 Å². The Balaban J connectivity index is 1.84. The van der Waals surface area contributed by atoms with Crippen molar-refractivity contribution in [1.82, 2.24) is 9.97 Å². The standard InChI is InChI=1S/C14H15ClN4/c15-11-6-5-10(7-12(11)16)18-14-17-8-9-3-1-2-4-13(9)19-14/h5-8H,1-4,16H2,(H,17,18,19). The van der Waals surface area contributed by atoms with Crippen LogP contribution in [-0.4, -0.2) is 9.97 Å². The molecule has 1 aromatic heterocycles. The van der Waals surface area contributed by atoms with Gasteiger partial charge in [-0.25, -0.2) is 9.97 Å². The summed E-state index contributed by atoms with van der Waals surface area (Å²) in [6.07, 6.45) is 6.48. The van der Waals surface area contributed by atoms with Gasteiger partial charge >= 0.3 is 0 Å². The second kappa shape index (κ2) is 5.05. The summed E-state index contributed by atoms with van der Waals surface area (Å²) in [5.41, 5.74) is 9.59. The van der Waals surface area contributed by atoms with Crippen LogP contribution in [0.1, 0.15) is 24.1 Å². The Hall–Kier alpha value is -1.81. The Kier molecular flexibility index (Phi) is 3.25. The van der Waals surface area contributed by atoms with E-state index in [1.807, 2.05) is 12.3 Å². The third-order valence-corrected chi connectivity index (χ3v) is 3.66. The normalized spacial score (nSPS) is 13.9. The van der Waals surface area contributed by atoms with E-state index in [0.29, 0.717) is 16.7 Å². The molecule has 0 saturated heterocycles. The molecule has 2 aromatic rings. The SMILES string of the molecule is Nc1cc(Nc2ncc3c(n2)CCCC3)ccc1Cl. The van der Waals surface area contributed by atoms with Gasteiger partial charge in [-0.15, -0.1) is 0 Å². The first-order valence-electron chi connectivity index (χ1n) is 6.39. The number of halogens is 1. The Morgan fingerprint density at radius 1 is 1.21 bits per heavy atom. The number of aromatic nitrogens is 2. The lowest BCUT2D eigenvalue weighted by molar-refractivity contribution is 0.663. The maximum Gasteiger partial charge on any atom is 0.227 e. The van der Waals surface area contributed by atoms with E-state index in [0.717, 1.165) is 24.2 Å². The van der Waals surface area contributed by atoms with Crippen molar-refractivity contribution in [2.45, 2.75) is 25.7 Å². The van der Waals surface area contributed by atoms with Gasteiger partial charge in [0.25, 0.3) is 0 Å². The smallest absolute Gasteiger partial charge is 0.227 e. The van der Waals surface area contributed by atoms with E-state index >= 15 is 0 Å². The lowest BCUT2D eigenvalue weighted by Crippen LogP contribution is -2.08. The second-order valence-corrected chi connectivity index (χ2v) is 5.14. The second-order valence-electron chi connectivity index (χ2n) is 4.73. The summed E-state index contributed by atoms with van der Waals surface area (Å²) in [6.45, 7) is 0. The molecule has 0 aliphatic heterocycles. The van der Waals surface area contributed by atoms with Crippen LogP contribution < -0.4 is 11.1 Å². The molecule has 1 heterocycles. The van der Waals surface area contributed by atoms with E-state index in [4.69, 9.17) is 17.3 Å². The van der Waals surface area contributed by atoms with E-state index in [1.54, 1.807) is 12.1 Å². The molecule has 0 atom stereocenters. The summed E-state index contributed by atoms with van der Waals surface area (Å²) in [6, 6.07) is 5.41. The molecular formula is C14H15ClN4. The van der Waals surface area contributed by atoms with Crippen LogP contribution >= 0.6 is 11.6 Å². The highest BCUT2D eigenvalue weighted by atomic mass is 35.5. The molecule has 3 rings (SSSR count). The van der Waals surface area contributed by atoms with Crippen molar-refractivity contribution in [2.24, 2.45) is 0 Å². The molecule has 0 spiro atoms. The van der Waals surface area contributed by atoms with Crippen LogP contribution in [0, 0.1) is 0 Å². The van der Waals surface area contributed by atoms with Gasteiger partial charge in [-0.1, -0.05) is 11.6 Å². The van der Waals surface area contributed by atoms with Gasteiger partial charge in [0.05, 0.1) is 10.7 Å². The minimum atomic E-state index is 0.546. The van der Waals surface area contributed by atoms with Crippen LogP contribution in [0.4, 0.5) is 17.3 Å². The molecule has 0 fully saturated rings. The monoisotopic (exact) mass is 274 g/mol. The fourth-order valence-corrected chi connectivity index (χ4v) is 2.40. The predicted molar refractivity (Wildman–Crippen MR) is 77.8 cm³/mol. The molecule has 0 bridgehead atoms. The average molecular weight is 275 g/mol. The van der Waals surface area contributed by atoms with Gasteiger partial charge < -0.3 is 11.1 Å². The average Bonchev–Trinajstić information content (AvgIpc) is 2.43. The van der Waals surface area contributed by atoms with Crippen molar-refractivity contribution in [1.29, 1.82) is 0 Å². The van der Waals surface area contributed by atoms with Crippen LogP contribution in [0.25, 0.3) is 0 Å². The number of fused-ring (bicyclic) bond motifs is 1. The van der Waals surface area contributed by atoms with Gasteiger partial charge in [0.2, 0.25) is 5.95 Å². The molecule has 0 saturated carbocycles. The van der Waals surface area contributed by atoms with Crippen molar-refractivity contribution in [3.05, 3.63) is 40.7 Å². The zero-order valence-corrected chi connectivity index (χ0v) is 11.2. The number of nitrogens with zero attached hydrogens (tertiary/aromatic N) is 2. The number of anilines is 3. The van der Waals surface area contributed by atoms with Crippen molar-refractivity contribution < 1.29 is 0 Å². The van der Waals surface area contributed by atoms with Gasteiger partial charge in [-0.3, -0.25) is 0 Å². The quantitative estimate of drug-likeness (QED) is 0.825. The lowest BCUT2D eigenvalue weighted by Gasteiger charge is -2.15. The molecular weight excluding hydrogens is 260 g/mol. The fourth-order valence-electron chi connectivity index (χ4n) is 2.29. The first-order valence-corrected chi connectivity index (χ1v) is 6.77. The highest BCUT2D eigenvalue weighted by Crippen LogP contribution is 2.25. The first kappa shape index (κ1) is 12.2. The van der Waals surface area contributed by atoms with Crippen LogP contribution in [0.2, 0.25) is 5.02 Å². The van der Waals surface area contributed by atoms with Crippen LogP contribution in [0.3, 0.4) is 0 Å². The largest absolute Gasteiger partial charge is 0.397 e. The zero-order chi connectivity index (χ0) is 13.2. The fraction of sp³-hybridized carbons (Fsp3) is 0.286. The highest BCUT2D eigenvalue weighted by Gasteiger charge is 2.12. The van der Waals surface area contributed by atoms with Crippen molar-refractivity contribution in [3.63, 3.8) is 0 Å². The lowest BCUT2D eigenvalue weighted by atomic mass is 9.98. The van der Waals surface area contributed by atoms with Crippen LogP contribution in [0.5, 0.6) is 0 Å². The van der Waals surface area contributed by atoms with E-state index in [9.17, 15) is 0 Å². The summed E-state index contributed by atoms with van der Waals surface area (Å²) in [7, 11) is 0. The molecule has 1 aliphatic rings. The molecule has 3 N–H and O–H groups in total. The number of nitrogens with one attached hydrogen (secondary N) is 1. The van der Waals surface area contributed by atoms with Crippen molar-refractivity contribution in [3.8, 4) is 0 Å². The van der Waals surface area contributed by atoms with Crippen LogP contribution in [-0.2, 0) is 12.8 Å². The third kappa shape index (κ3) is 2.63. The van der Waals surface area contributed by atoms with Crippen molar-refractivity contribution >= 4 is 28.9 Å². The number of nitrogens with two attached hydrogens (primary N) is 1. The Morgan fingerprint density at radius 3 is 2.89 bits per heavy atom. The minimum absolute atomic E-state index is 0.546. The molecule has 0 amide bonds. The zero-order valence-electron chi connectivity index (χ0n) is 10.5. The van der Waals surface area contributed by atoms with E-state index in [2.05, 4.69) is 15.3 Å². The number of nitrogen functional groups attached to an aromatic ring is 1. The number of hydrogen-bond donors (Lipinski definition) is 2. The Labute approximate surface area is 117 Å². The molecule has 4 nitrogen and oxygen atoms in total.